The van der Waals surface area contributed by atoms with Gasteiger partial charge in [0.05, 0.1) is 16.3 Å². The second-order valence-corrected chi connectivity index (χ2v) is 7.03. The average molecular weight is 395 g/mol. The monoisotopic (exact) mass is 395 g/mol. The molecule has 0 radical (unpaired) electrons. The van der Waals surface area contributed by atoms with Crippen LogP contribution in [0.4, 0.5) is 0 Å². The highest BCUT2D eigenvalue weighted by Crippen LogP contribution is 2.30. The number of fused-ring (bicyclic) bond motifs is 2. The van der Waals surface area contributed by atoms with Crippen LogP contribution in [0.2, 0.25) is 0 Å². The number of nitrogens with one attached hydrogen (secondary N) is 2. The number of ether oxygens (including phenoxy) is 2. The molecule has 142 valence electrons. The number of hydrogen-bond donors (Lipinski definition) is 2. The predicted molar refractivity (Wildman–Crippen MR) is 105 cm³/mol. The molecule has 1 aromatic heterocycles. The lowest BCUT2D eigenvalue weighted by atomic mass is 10.2. The third kappa shape index (κ3) is 4.17. The van der Waals surface area contributed by atoms with Crippen LogP contribution in [0.25, 0.3) is 10.9 Å². The second kappa shape index (κ2) is 8.18. The molecular formula is C20H17N3O4S. The van der Waals surface area contributed by atoms with Crippen molar-refractivity contribution in [2.75, 3.05) is 12.4 Å². The second-order valence-electron chi connectivity index (χ2n) is 6.03. The van der Waals surface area contributed by atoms with Gasteiger partial charge in [0, 0.05) is 5.39 Å². The van der Waals surface area contributed by atoms with Crippen LogP contribution in [-0.4, -0.2) is 35.3 Å². The Bertz CT molecular complexity index is 1030. The molecule has 0 unspecified atom stereocenters. The van der Waals surface area contributed by atoms with Crippen molar-refractivity contribution in [1.29, 1.82) is 0 Å². The van der Waals surface area contributed by atoms with Gasteiger partial charge in [0.2, 0.25) is 12.0 Å². The highest BCUT2D eigenvalue weighted by atomic mass is 32.2. The number of thioether (sulfide) groups is 1. The molecule has 0 bridgehead atoms. The molecule has 0 spiro atoms. The maximum Gasteiger partial charge on any atom is 0.283 e. The summed E-state index contributed by atoms with van der Waals surface area (Å²) in [7, 11) is 0. The third-order valence-corrected chi connectivity index (χ3v) is 4.98. The van der Waals surface area contributed by atoms with Crippen molar-refractivity contribution < 1.29 is 19.1 Å². The zero-order valence-electron chi connectivity index (χ0n) is 14.8. The fraction of sp³-hybridized carbons (Fsp3) is 0.150. The summed E-state index contributed by atoms with van der Waals surface area (Å²) in [5, 5.41) is 1.78. The van der Waals surface area contributed by atoms with Gasteiger partial charge in [-0.25, -0.2) is 4.98 Å². The van der Waals surface area contributed by atoms with E-state index in [4.69, 9.17) is 9.47 Å². The molecule has 2 aromatic carbocycles. The fourth-order valence-electron chi connectivity index (χ4n) is 2.66. The van der Waals surface area contributed by atoms with E-state index in [1.807, 2.05) is 42.5 Å². The van der Waals surface area contributed by atoms with E-state index in [0.717, 1.165) is 15.9 Å². The Morgan fingerprint density at radius 2 is 1.79 bits per heavy atom. The van der Waals surface area contributed by atoms with Crippen molar-refractivity contribution >= 4 is 34.5 Å². The molecule has 4 rings (SSSR count). The van der Waals surface area contributed by atoms with Gasteiger partial charge in [-0.3, -0.25) is 20.4 Å². The molecule has 0 aliphatic carbocycles. The summed E-state index contributed by atoms with van der Waals surface area (Å²) < 4.78 is 11.1. The van der Waals surface area contributed by atoms with E-state index >= 15 is 0 Å². The molecule has 2 N–H and O–H groups in total. The highest BCUT2D eigenvalue weighted by Gasteiger charge is 2.27. The Kier molecular flexibility index (Phi) is 5.29. The number of aromatic nitrogens is 1. The Labute approximate surface area is 165 Å². The maximum absolute atomic E-state index is 12.2. The van der Waals surface area contributed by atoms with E-state index in [1.54, 1.807) is 18.2 Å². The van der Waals surface area contributed by atoms with Crippen molar-refractivity contribution in [1.82, 2.24) is 15.8 Å². The van der Waals surface area contributed by atoms with E-state index in [1.165, 1.54) is 11.8 Å². The number of rotatable bonds is 4. The van der Waals surface area contributed by atoms with E-state index in [0.29, 0.717) is 11.5 Å². The number of amides is 2. The average Bonchev–Trinajstić information content (AvgIpc) is 2.75. The summed E-state index contributed by atoms with van der Waals surface area (Å²) in [6, 6.07) is 18.7. The first-order chi connectivity index (χ1) is 13.7. The SMILES string of the molecule is O=C(CSc1ccc2ccccc2n1)NNC(=O)[C@H]1COc2ccccc2O1. The smallest absolute Gasteiger partial charge is 0.283 e. The van der Waals surface area contributed by atoms with Crippen LogP contribution < -0.4 is 20.3 Å². The highest BCUT2D eigenvalue weighted by molar-refractivity contribution is 7.99. The summed E-state index contributed by atoms with van der Waals surface area (Å²) in [6.07, 6.45) is -0.829. The van der Waals surface area contributed by atoms with E-state index in [9.17, 15) is 9.59 Å². The van der Waals surface area contributed by atoms with Gasteiger partial charge < -0.3 is 9.47 Å². The van der Waals surface area contributed by atoms with Gasteiger partial charge in [0.15, 0.2) is 11.5 Å². The van der Waals surface area contributed by atoms with Gasteiger partial charge in [0.1, 0.15) is 6.61 Å². The zero-order chi connectivity index (χ0) is 19.3. The lowest BCUT2D eigenvalue weighted by Gasteiger charge is -2.25. The standard InChI is InChI=1S/C20H17N3O4S/c24-18(12-28-19-10-9-13-5-1-2-6-14(13)21-19)22-23-20(25)17-11-26-15-7-3-4-8-16(15)27-17/h1-10,17H,11-12H2,(H,22,24)(H,23,25)/t17-/m1/s1. The Hall–Kier alpha value is -3.26. The number of benzene rings is 2. The van der Waals surface area contributed by atoms with E-state index in [-0.39, 0.29) is 18.3 Å². The van der Waals surface area contributed by atoms with Crippen molar-refractivity contribution in [3.63, 3.8) is 0 Å². The minimum Gasteiger partial charge on any atom is -0.485 e. The Balaban J connectivity index is 1.25. The molecule has 7 nitrogen and oxygen atoms in total. The number of para-hydroxylation sites is 3. The summed E-state index contributed by atoms with van der Waals surface area (Å²) in [4.78, 5) is 28.7. The molecular weight excluding hydrogens is 378 g/mol. The van der Waals surface area contributed by atoms with Crippen molar-refractivity contribution in [3.05, 3.63) is 60.7 Å². The van der Waals surface area contributed by atoms with Crippen LogP contribution >= 0.6 is 11.8 Å². The fourth-order valence-corrected chi connectivity index (χ4v) is 3.34. The van der Waals surface area contributed by atoms with Crippen LogP contribution in [0.5, 0.6) is 11.5 Å². The molecule has 0 saturated carbocycles. The van der Waals surface area contributed by atoms with Crippen LogP contribution in [-0.2, 0) is 9.59 Å². The minimum absolute atomic E-state index is 0.0779. The van der Waals surface area contributed by atoms with Crippen molar-refractivity contribution in [2.24, 2.45) is 0 Å². The lowest BCUT2D eigenvalue weighted by molar-refractivity contribution is -0.134. The van der Waals surface area contributed by atoms with Crippen molar-refractivity contribution in [2.45, 2.75) is 11.1 Å². The minimum atomic E-state index is -0.829. The van der Waals surface area contributed by atoms with Gasteiger partial charge in [-0.05, 0) is 24.3 Å². The predicted octanol–water partition coefficient (Wildman–Crippen LogP) is 2.31. The summed E-state index contributed by atoms with van der Waals surface area (Å²) in [5.74, 6) is 0.395. The molecule has 1 aliphatic rings. The topological polar surface area (TPSA) is 89.6 Å². The number of carbonyl (C=O) groups is 2. The lowest BCUT2D eigenvalue weighted by Crippen LogP contribution is -2.51. The largest absolute Gasteiger partial charge is 0.485 e. The number of nitrogens with zero attached hydrogens (tertiary/aromatic N) is 1. The van der Waals surface area contributed by atoms with Crippen LogP contribution in [0.3, 0.4) is 0 Å². The van der Waals surface area contributed by atoms with Crippen LogP contribution in [0.1, 0.15) is 0 Å². The third-order valence-electron chi connectivity index (χ3n) is 4.05. The first-order valence-electron chi connectivity index (χ1n) is 8.65. The molecule has 8 heteroatoms. The summed E-state index contributed by atoms with van der Waals surface area (Å²) in [6.45, 7) is 0.0779. The Morgan fingerprint density at radius 1 is 1.00 bits per heavy atom. The van der Waals surface area contributed by atoms with Crippen LogP contribution in [0.15, 0.2) is 65.7 Å². The van der Waals surface area contributed by atoms with Gasteiger partial charge >= 0.3 is 0 Å². The van der Waals surface area contributed by atoms with Gasteiger partial charge in [-0.1, -0.05) is 48.2 Å². The Morgan fingerprint density at radius 3 is 2.68 bits per heavy atom. The zero-order valence-corrected chi connectivity index (χ0v) is 15.6. The molecule has 1 atom stereocenters. The maximum atomic E-state index is 12.2. The number of carbonyl (C=O) groups excluding carboxylic acids is 2. The molecule has 0 fully saturated rings. The number of hydrazine groups is 1. The molecule has 28 heavy (non-hydrogen) atoms. The van der Waals surface area contributed by atoms with Crippen LogP contribution in [0, 0.1) is 0 Å². The first kappa shape index (κ1) is 18.1. The molecule has 2 heterocycles. The molecule has 2 amide bonds. The summed E-state index contributed by atoms with van der Waals surface area (Å²) >= 11 is 1.29. The van der Waals surface area contributed by atoms with Gasteiger partial charge in [0.25, 0.3) is 5.91 Å². The van der Waals surface area contributed by atoms with Gasteiger partial charge in [-0.2, -0.15) is 0 Å². The summed E-state index contributed by atoms with van der Waals surface area (Å²) in [5.41, 5.74) is 5.63. The number of hydrogen-bond acceptors (Lipinski definition) is 6. The number of pyridine rings is 1. The molecule has 3 aromatic rings. The molecule has 1 aliphatic heterocycles. The van der Waals surface area contributed by atoms with E-state index < -0.39 is 12.0 Å². The van der Waals surface area contributed by atoms with E-state index in [2.05, 4.69) is 15.8 Å². The molecule has 0 saturated heterocycles. The normalized spacial score (nSPS) is 15.1. The quantitative estimate of drug-likeness (QED) is 0.521. The first-order valence-corrected chi connectivity index (χ1v) is 9.63. The van der Waals surface area contributed by atoms with Crippen molar-refractivity contribution in [3.8, 4) is 11.5 Å². The van der Waals surface area contributed by atoms with Gasteiger partial charge in [-0.15, -0.1) is 0 Å².